The first-order valence-electron chi connectivity index (χ1n) is 6.07. The third-order valence-corrected chi connectivity index (χ3v) is 4.19. The predicted octanol–water partition coefficient (Wildman–Crippen LogP) is 5.40. The Morgan fingerprint density at radius 2 is 1.95 bits per heavy atom. The third kappa shape index (κ3) is 3.73. The molecule has 106 valence electrons. The standard InChI is InChI=1S/C15H13BrCl2FN/c1-20-15(12-8-10(16)2-4-13(12)18)7-9-6-11(17)3-5-14(9)19/h2-6,8,15,20H,7H2,1H3. The van der Waals surface area contributed by atoms with Gasteiger partial charge >= 0.3 is 0 Å². The fourth-order valence-electron chi connectivity index (χ4n) is 2.07. The summed E-state index contributed by atoms with van der Waals surface area (Å²) in [5, 5.41) is 4.34. The monoisotopic (exact) mass is 375 g/mol. The van der Waals surface area contributed by atoms with Crippen LogP contribution >= 0.6 is 39.1 Å². The Balaban J connectivity index is 2.33. The van der Waals surface area contributed by atoms with E-state index in [1.807, 2.05) is 25.2 Å². The molecule has 0 spiro atoms. The Labute approximate surface area is 136 Å². The summed E-state index contributed by atoms with van der Waals surface area (Å²) in [6.45, 7) is 0. The van der Waals surface area contributed by atoms with E-state index in [2.05, 4.69) is 21.2 Å². The van der Waals surface area contributed by atoms with Crippen molar-refractivity contribution >= 4 is 39.1 Å². The molecule has 0 saturated carbocycles. The van der Waals surface area contributed by atoms with Crippen LogP contribution in [0.2, 0.25) is 10.0 Å². The van der Waals surface area contributed by atoms with Crippen LogP contribution in [0.1, 0.15) is 17.2 Å². The van der Waals surface area contributed by atoms with E-state index in [0.717, 1.165) is 10.0 Å². The van der Waals surface area contributed by atoms with Gasteiger partial charge in [-0.1, -0.05) is 39.1 Å². The number of hydrogen-bond donors (Lipinski definition) is 1. The van der Waals surface area contributed by atoms with Crippen molar-refractivity contribution in [2.45, 2.75) is 12.5 Å². The van der Waals surface area contributed by atoms with E-state index in [9.17, 15) is 4.39 Å². The first kappa shape index (κ1) is 15.8. The molecule has 0 fully saturated rings. The molecule has 1 atom stereocenters. The van der Waals surface area contributed by atoms with Gasteiger partial charge in [0.25, 0.3) is 0 Å². The maximum Gasteiger partial charge on any atom is 0.126 e. The molecule has 2 aromatic rings. The quantitative estimate of drug-likeness (QED) is 0.753. The number of nitrogens with one attached hydrogen (secondary N) is 1. The second-order valence-corrected chi connectivity index (χ2v) is 6.21. The van der Waals surface area contributed by atoms with Crippen molar-refractivity contribution < 1.29 is 4.39 Å². The lowest BCUT2D eigenvalue weighted by Crippen LogP contribution is -2.19. The molecule has 1 N–H and O–H groups in total. The largest absolute Gasteiger partial charge is 0.313 e. The van der Waals surface area contributed by atoms with Gasteiger partial charge in [-0.05, 0) is 61.0 Å². The molecule has 0 bridgehead atoms. The van der Waals surface area contributed by atoms with Gasteiger partial charge < -0.3 is 5.32 Å². The molecule has 0 aromatic heterocycles. The zero-order valence-electron chi connectivity index (χ0n) is 10.8. The maximum absolute atomic E-state index is 13.8. The van der Waals surface area contributed by atoms with Crippen molar-refractivity contribution in [3.8, 4) is 0 Å². The van der Waals surface area contributed by atoms with Crippen LogP contribution in [0.25, 0.3) is 0 Å². The second kappa shape index (κ2) is 6.90. The first-order chi connectivity index (χ1) is 9.51. The lowest BCUT2D eigenvalue weighted by molar-refractivity contribution is 0.554. The third-order valence-electron chi connectivity index (χ3n) is 3.11. The van der Waals surface area contributed by atoms with Crippen molar-refractivity contribution in [2.75, 3.05) is 7.05 Å². The van der Waals surface area contributed by atoms with Crippen LogP contribution in [0.3, 0.4) is 0 Å². The van der Waals surface area contributed by atoms with Gasteiger partial charge in [0.05, 0.1) is 0 Å². The van der Waals surface area contributed by atoms with Gasteiger partial charge in [0.1, 0.15) is 5.82 Å². The fourth-order valence-corrected chi connectivity index (χ4v) is 2.89. The van der Waals surface area contributed by atoms with Crippen LogP contribution < -0.4 is 5.32 Å². The number of halogens is 4. The van der Waals surface area contributed by atoms with Crippen molar-refractivity contribution in [1.29, 1.82) is 0 Å². The molecule has 0 aliphatic carbocycles. The van der Waals surface area contributed by atoms with Crippen LogP contribution in [-0.4, -0.2) is 7.05 Å². The molecule has 2 aromatic carbocycles. The molecule has 2 rings (SSSR count). The van der Waals surface area contributed by atoms with E-state index in [1.165, 1.54) is 6.07 Å². The normalized spacial score (nSPS) is 12.4. The number of hydrogen-bond acceptors (Lipinski definition) is 1. The Morgan fingerprint density at radius 3 is 2.65 bits per heavy atom. The molecule has 1 nitrogen and oxygen atoms in total. The Kier molecular flexibility index (Phi) is 5.44. The molecular formula is C15H13BrCl2FN. The number of rotatable bonds is 4. The molecule has 0 saturated heterocycles. The lowest BCUT2D eigenvalue weighted by Gasteiger charge is -2.19. The zero-order valence-corrected chi connectivity index (χ0v) is 13.9. The summed E-state index contributed by atoms with van der Waals surface area (Å²) in [7, 11) is 1.82. The molecule has 0 aliphatic heterocycles. The molecule has 0 aliphatic rings. The van der Waals surface area contributed by atoms with E-state index in [-0.39, 0.29) is 11.9 Å². The Morgan fingerprint density at radius 1 is 1.20 bits per heavy atom. The van der Waals surface area contributed by atoms with Crippen molar-refractivity contribution in [3.63, 3.8) is 0 Å². The smallest absolute Gasteiger partial charge is 0.126 e. The minimum atomic E-state index is -0.263. The van der Waals surface area contributed by atoms with E-state index >= 15 is 0 Å². The van der Waals surface area contributed by atoms with Crippen molar-refractivity contribution in [2.24, 2.45) is 0 Å². The molecule has 0 amide bonds. The second-order valence-electron chi connectivity index (χ2n) is 4.45. The lowest BCUT2D eigenvalue weighted by atomic mass is 9.98. The molecule has 0 radical (unpaired) electrons. The van der Waals surface area contributed by atoms with Crippen molar-refractivity contribution in [3.05, 3.63) is 67.9 Å². The van der Waals surface area contributed by atoms with Gasteiger partial charge in [-0.3, -0.25) is 0 Å². The highest BCUT2D eigenvalue weighted by Gasteiger charge is 2.16. The summed E-state index contributed by atoms with van der Waals surface area (Å²) in [5.41, 5.74) is 1.48. The van der Waals surface area contributed by atoms with E-state index < -0.39 is 0 Å². The summed E-state index contributed by atoms with van der Waals surface area (Å²) >= 11 is 15.6. The highest BCUT2D eigenvalue weighted by atomic mass is 79.9. The molecule has 20 heavy (non-hydrogen) atoms. The van der Waals surface area contributed by atoms with E-state index in [1.54, 1.807) is 12.1 Å². The van der Waals surface area contributed by atoms with E-state index in [4.69, 9.17) is 23.2 Å². The van der Waals surface area contributed by atoms with Crippen LogP contribution in [0.5, 0.6) is 0 Å². The van der Waals surface area contributed by atoms with Crippen LogP contribution in [0, 0.1) is 5.82 Å². The predicted molar refractivity (Wildman–Crippen MR) is 86.1 cm³/mol. The van der Waals surface area contributed by atoms with Gasteiger partial charge in [0.15, 0.2) is 0 Å². The Hall–Kier alpha value is -0.610. The van der Waals surface area contributed by atoms with Crippen LogP contribution in [-0.2, 0) is 6.42 Å². The summed E-state index contributed by atoms with van der Waals surface area (Å²) in [5.74, 6) is -0.263. The summed E-state index contributed by atoms with van der Waals surface area (Å²) in [4.78, 5) is 0. The fraction of sp³-hybridized carbons (Fsp3) is 0.200. The molecular weight excluding hydrogens is 364 g/mol. The Bertz CT molecular complexity index is 619. The minimum absolute atomic E-state index is 0.0898. The summed E-state index contributed by atoms with van der Waals surface area (Å²) < 4.78 is 14.8. The highest BCUT2D eigenvalue weighted by molar-refractivity contribution is 9.10. The van der Waals surface area contributed by atoms with Crippen molar-refractivity contribution in [1.82, 2.24) is 5.32 Å². The minimum Gasteiger partial charge on any atom is -0.313 e. The van der Waals surface area contributed by atoms with Gasteiger partial charge in [0.2, 0.25) is 0 Å². The average Bonchev–Trinajstić information content (AvgIpc) is 2.42. The molecule has 0 heterocycles. The van der Waals surface area contributed by atoms with Gasteiger partial charge in [-0.25, -0.2) is 4.39 Å². The average molecular weight is 377 g/mol. The molecule has 1 unspecified atom stereocenters. The molecule has 5 heteroatoms. The highest BCUT2D eigenvalue weighted by Crippen LogP contribution is 2.29. The zero-order chi connectivity index (χ0) is 14.7. The maximum atomic E-state index is 13.8. The van der Waals surface area contributed by atoms with Crippen LogP contribution in [0.15, 0.2) is 40.9 Å². The van der Waals surface area contributed by atoms with Gasteiger partial charge in [-0.2, -0.15) is 0 Å². The van der Waals surface area contributed by atoms with E-state index in [0.29, 0.717) is 22.0 Å². The number of benzene rings is 2. The van der Waals surface area contributed by atoms with Gasteiger partial charge in [-0.15, -0.1) is 0 Å². The summed E-state index contributed by atoms with van der Waals surface area (Å²) in [6.07, 6.45) is 0.471. The van der Waals surface area contributed by atoms with Crippen LogP contribution in [0.4, 0.5) is 4.39 Å². The summed E-state index contributed by atoms with van der Waals surface area (Å²) in [6, 6.07) is 10.1. The number of likely N-dealkylation sites (N-methyl/N-ethyl adjacent to an activating group) is 1. The topological polar surface area (TPSA) is 12.0 Å². The van der Waals surface area contributed by atoms with Gasteiger partial charge in [0, 0.05) is 20.6 Å². The first-order valence-corrected chi connectivity index (χ1v) is 7.62. The SMILES string of the molecule is CNC(Cc1cc(Cl)ccc1F)c1cc(Br)ccc1Cl.